The van der Waals surface area contributed by atoms with Crippen LogP contribution in [0.2, 0.25) is 0 Å². The molecular weight excluding hydrogens is 403 g/mol. The van der Waals surface area contributed by atoms with E-state index in [1.165, 1.54) is 12.1 Å². The zero-order valence-electron chi connectivity index (χ0n) is 17.5. The molecular formula is C27H21FN2O2. The van der Waals surface area contributed by atoms with Crippen molar-refractivity contribution >= 4 is 10.8 Å². The number of aromatic nitrogens is 2. The summed E-state index contributed by atoms with van der Waals surface area (Å²) in [5.41, 5.74) is 3.95. The van der Waals surface area contributed by atoms with Crippen molar-refractivity contribution in [3.05, 3.63) is 108 Å². The molecule has 0 radical (unpaired) electrons. The molecule has 0 spiro atoms. The van der Waals surface area contributed by atoms with Gasteiger partial charge >= 0.3 is 0 Å². The number of benzene rings is 3. The number of fused-ring (bicyclic) bond motifs is 1. The molecule has 0 unspecified atom stereocenters. The Kier molecular flexibility index (Phi) is 5.07. The summed E-state index contributed by atoms with van der Waals surface area (Å²) in [5.74, 6) is 1.19. The van der Waals surface area contributed by atoms with Crippen LogP contribution >= 0.6 is 0 Å². The first-order valence-electron chi connectivity index (χ1n) is 10.3. The van der Waals surface area contributed by atoms with Gasteiger partial charge in [0.2, 0.25) is 0 Å². The van der Waals surface area contributed by atoms with Gasteiger partial charge in [-0.15, -0.1) is 0 Å². The highest BCUT2D eigenvalue weighted by atomic mass is 19.1. The number of rotatable bonds is 5. The summed E-state index contributed by atoms with van der Waals surface area (Å²) in [6.45, 7) is 2.52. The standard InChI is InChI=1S/C27H21FN2O2/c1-18-14-20(25-4-2-3-13-29-25)15-21-17-30(27(31)26(18)21)16-19-5-9-23(10-6-19)32-24-11-7-22(28)8-12-24/h2-15,17,31H,16H2,1H3. The Labute approximate surface area is 185 Å². The fraction of sp³-hybridized carbons (Fsp3) is 0.0741. The zero-order chi connectivity index (χ0) is 22.1. The van der Waals surface area contributed by atoms with Gasteiger partial charge < -0.3 is 14.4 Å². The molecule has 0 aliphatic carbocycles. The van der Waals surface area contributed by atoms with Gasteiger partial charge in [0, 0.05) is 28.7 Å². The van der Waals surface area contributed by atoms with E-state index in [0.717, 1.165) is 33.2 Å². The van der Waals surface area contributed by atoms with Crippen molar-refractivity contribution in [1.29, 1.82) is 0 Å². The van der Waals surface area contributed by atoms with Crippen molar-refractivity contribution in [1.82, 2.24) is 9.55 Å². The molecule has 2 aromatic heterocycles. The minimum absolute atomic E-state index is 0.247. The van der Waals surface area contributed by atoms with E-state index < -0.39 is 0 Å². The summed E-state index contributed by atoms with van der Waals surface area (Å²) in [7, 11) is 0. The lowest BCUT2D eigenvalue weighted by atomic mass is 10.0. The van der Waals surface area contributed by atoms with Crippen LogP contribution in [0.25, 0.3) is 22.0 Å². The first kappa shape index (κ1) is 19.8. The van der Waals surface area contributed by atoms with Crippen LogP contribution in [0, 0.1) is 12.7 Å². The Morgan fingerprint density at radius 3 is 2.34 bits per heavy atom. The van der Waals surface area contributed by atoms with Crippen LogP contribution in [0.3, 0.4) is 0 Å². The maximum Gasteiger partial charge on any atom is 0.199 e. The quantitative estimate of drug-likeness (QED) is 0.342. The molecule has 0 bridgehead atoms. The Morgan fingerprint density at radius 2 is 1.66 bits per heavy atom. The third-order valence-electron chi connectivity index (χ3n) is 5.44. The minimum atomic E-state index is -0.297. The van der Waals surface area contributed by atoms with Crippen LogP contribution in [0.15, 0.2) is 91.3 Å². The average molecular weight is 424 g/mol. The smallest absolute Gasteiger partial charge is 0.199 e. The van der Waals surface area contributed by atoms with E-state index in [2.05, 4.69) is 17.1 Å². The third-order valence-corrected chi connectivity index (χ3v) is 5.44. The minimum Gasteiger partial charge on any atom is -0.494 e. The van der Waals surface area contributed by atoms with E-state index >= 15 is 0 Å². The monoisotopic (exact) mass is 424 g/mol. The number of pyridine rings is 1. The van der Waals surface area contributed by atoms with Crippen LogP contribution < -0.4 is 4.74 Å². The molecule has 5 rings (SSSR count). The largest absolute Gasteiger partial charge is 0.494 e. The lowest BCUT2D eigenvalue weighted by Gasteiger charge is -2.08. The predicted octanol–water partition coefficient (Wildman–Crippen LogP) is 6.70. The molecule has 32 heavy (non-hydrogen) atoms. The molecule has 0 saturated heterocycles. The zero-order valence-corrected chi connectivity index (χ0v) is 17.5. The molecule has 0 aliphatic heterocycles. The van der Waals surface area contributed by atoms with Gasteiger partial charge in [0.05, 0.1) is 12.2 Å². The molecule has 0 aliphatic rings. The van der Waals surface area contributed by atoms with Gasteiger partial charge in [-0.2, -0.15) is 0 Å². The number of halogens is 1. The fourth-order valence-corrected chi connectivity index (χ4v) is 3.89. The van der Waals surface area contributed by atoms with E-state index in [1.54, 1.807) is 18.3 Å². The molecule has 0 saturated carbocycles. The number of nitrogens with zero attached hydrogens (tertiary/aromatic N) is 2. The van der Waals surface area contributed by atoms with E-state index in [4.69, 9.17) is 4.74 Å². The average Bonchev–Trinajstić information content (AvgIpc) is 3.12. The summed E-state index contributed by atoms with van der Waals surface area (Å²) in [6, 6.07) is 23.5. The van der Waals surface area contributed by atoms with Crippen molar-refractivity contribution in [2.75, 3.05) is 0 Å². The SMILES string of the molecule is Cc1cc(-c2ccccn2)cc2cn(Cc3ccc(Oc4ccc(F)cc4)cc3)c(O)c12. The van der Waals surface area contributed by atoms with Crippen LogP contribution in [-0.4, -0.2) is 14.7 Å². The Balaban J connectivity index is 1.39. The van der Waals surface area contributed by atoms with E-state index in [9.17, 15) is 9.50 Å². The van der Waals surface area contributed by atoms with Crippen molar-refractivity contribution < 1.29 is 14.2 Å². The summed E-state index contributed by atoms with van der Waals surface area (Å²) in [5, 5.41) is 12.7. The fourth-order valence-electron chi connectivity index (χ4n) is 3.89. The van der Waals surface area contributed by atoms with Gasteiger partial charge in [-0.1, -0.05) is 18.2 Å². The molecule has 4 nitrogen and oxygen atoms in total. The maximum absolute atomic E-state index is 13.0. The molecule has 3 aromatic carbocycles. The second-order valence-electron chi connectivity index (χ2n) is 7.75. The number of aromatic hydroxyl groups is 1. The highest BCUT2D eigenvalue weighted by molar-refractivity contribution is 5.94. The maximum atomic E-state index is 13.0. The first-order chi connectivity index (χ1) is 15.6. The second-order valence-corrected chi connectivity index (χ2v) is 7.75. The van der Waals surface area contributed by atoms with Crippen LogP contribution in [-0.2, 0) is 6.54 Å². The van der Waals surface area contributed by atoms with Crippen LogP contribution in [0.5, 0.6) is 17.4 Å². The van der Waals surface area contributed by atoms with Crippen molar-refractivity contribution in [3.8, 4) is 28.6 Å². The third kappa shape index (κ3) is 3.93. The molecule has 1 N–H and O–H groups in total. The molecule has 0 atom stereocenters. The van der Waals surface area contributed by atoms with E-state index in [1.807, 2.05) is 60.2 Å². The number of hydrogen-bond acceptors (Lipinski definition) is 3. The summed E-state index contributed by atoms with van der Waals surface area (Å²) in [6.07, 6.45) is 3.74. The predicted molar refractivity (Wildman–Crippen MR) is 124 cm³/mol. The first-order valence-corrected chi connectivity index (χ1v) is 10.3. The summed E-state index contributed by atoms with van der Waals surface area (Å²) >= 11 is 0. The lowest BCUT2D eigenvalue weighted by Crippen LogP contribution is -1.97. The van der Waals surface area contributed by atoms with E-state index in [0.29, 0.717) is 18.0 Å². The molecule has 5 heteroatoms. The Hall–Kier alpha value is -4.12. The van der Waals surface area contributed by atoms with Crippen molar-refractivity contribution in [2.45, 2.75) is 13.5 Å². The molecule has 0 amide bonds. The summed E-state index contributed by atoms with van der Waals surface area (Å²) < 4.78 is 20.6. The molecule has 5 aromatic rings. The van der Waals surface area contributed by atoms with Crippen LogP contribution in [0.1, 0.15) is 11.1 Å². The van der Waals surface area contributed by atoms with E-state index in [-0.39, 0.29) is 11.7 Å². The lowest BCUT2D eigenvalue weighted by molar-refractivity contribution is 0.430. The van der Waals surface area contributed by atoms with Gasteiger partial charge in [0.1, 0.15) is 17.3 Å². The highest BCUT2D eigenvalue weighted by Gasteiger charge is 2.13. The van der Waals surface area contributed by atoms with Gasteiger partial charge in [0.15, 0.2) is 5.88 Å². The Morgan fingerprint density at radius 1 is 0.938 bits per heavy atom. The number of hydrogen-bond donors (Lipinski definition) is 1. The van der Waals surface area contributed by atoms with Gasteiger partial charge in [0.25, 0.3) is 0 Å². The second kappa shape index (κ2) is 8.19. The van der Waals surface area contributed by atoms with Crippen molar-refractivity contribution in [2.24, 2.45) is 0 Å². The van der Waals surface area contributed by atoms with Gasteiger partial charge in [-0.3, -0.25) is 4.98 Å². The van der Waals surface area contributed by atoms with Gasteiger partial charge in [-0.25, -0.2) is 4.39 Å². The number of aryl methyl sites for hydroxylation is 1. The van der Waals surface area contributed by atoms with Gasteiger partial charge in [-0.05, 0) is 78.7 Å². The molecule has 158 valence electrons. The molecule has 2 heterocycles. The molecule has 0 fully saturated rings. The number of ether oxygens (including phenoxy) is 1. The topological polar surface area (TPSA) is 47.3 Å². The van der Waals surface area contributed by atoms with Crippen LogP contribution in [0.4, 0.5) is 4.39 Å². The van der Waals surface area contributed by atoms with Crippen molar-refractivity contribution in [3.63, 3.8) is 0 Å². The Bertz CT molecular complexity index is 1380. The summed E-state index contributed by atoms with van der Waals surface area (Å²) in [4.78, 5) is 4.44. The normalized spacial score (nSPS) is 11.1. The highest BCUT2D eigenvalue weighted by Crippen LogP contribution is 2.34.